The fourth-order valence-corrected chi connectivity index (χ4v) is 3.54. The van der Waals surface area contributed by atoms with E-state index in [0.29, 0.717) is 5.69 Å². The average Bonchev–Trinajstić information content (AvgIpc) is 2.47. The summed E-state index contributed by atoms with van der Waals surface area (Å²) < 4.78 is 40.4. The first-order valence-electron chi connectivity index (χ1n) is 6.70. The quantitative estimate of drug-likeness (QED) is 0.916. The minimum Gasteiger partial charge on any atom is -0.383 e. The molecule has 110 valence electrons. The van der Waals surface area contributed by atoms with Gasteiger partial charge in [-0.3, -0.25) is 4.72 Å². The van der Waals surface area contributed by atoms with E-state index in [4.69, 9.17) is 0 Å². The van der Waals surface area contributed by atoms with E-state index in [0.717, 1.165) is 36.7 Å². The molecule has 2 aromatic rings. The summed E-state index contributed by atoms with van der Waals surface area (Å²) in [6, 6.07) is 10.5. The van der Waals surface area contributed by atoms with Crippen molar-refractivity contribution in [1.82, 2.24) is 0 Å². The molecular formula is C15H15FN2O2S. The van der Waals surface area contributed by atoms with E-state index >= 15 is 0 Å². The van der Waals surface area contributed by atoms with Gasteiger partial charge >= 0.3 is 0 Å². The van der Waals surface area contributed by atoms with Crippen LogP contribution >= 0.6 is 0 Å². The summed E-state index contributed by atoms with van der Waals surface area (Å²) in [5.74, 6) is -0.578. The third-order valence-corrected chi connectivity index (χ3v) is 4.79. The number of rotatable bonds is 3. The fourth-order valence-electron chi connectivity index (χ4n) is 2.43. The van der Waals surface area contributed by atoms with E-state index < -0.39 is 15.8 Å². The molecule has 0 amide bonds. The molecule has 2 aromatic carbocycles. The van der Waals surface area contributed by atoms with Crippen molar-refractivity contribution in [2.45, 2.75) is 17.7 Å². The van der Waals surface area contributed by atoms with Gasteiger partial charge < -0.3 is 5.32 Å². The Balaban J connectivity index is 1.96. The highest BCUT2D eigenvalue weighted by Crippen LogP contribution is 2.31. The number of hydrogen-bond donors (Lipinski definition) is 2. The number of hydrogen-bond acceptors (Lipinski definition) is 3. The lowest BCUT2D eigenvalue weighted by Crippen LogP contribution is -2.18. The summed E-state index contributed by atoms with van der Waals surface area (Å²) in [5.41, 5.74) is 2.39. The Morgan fingerprint density at radius 3 is 2.76 bits per heavy atom. The Morgan fingerprint density at radius 2 is 1.95 bits per heavy atom. The lowest BCUT2D eigenvalue weighted by atomic mass is 10.0. The van der Waals surface area contributed by atoms with Crippen LogP contribution in [0.15, 0.2) is 47.4 Å². The van der Waals surface area contributed by atoms with Gasteiger partial charge in [-0.1, -0.05) is 18.2 Å². The average molecular weight is 306 g/mol. The van der Waals surface area contributed by atoms with E-state index in [9.17, 15) is 12.8 Å². The van der Waals surface area contributed by atoms with Crippen LogP contribution in [0, 0.1) is 5.82 Å². The summed E-state index contributed by atoms with van der Waals surface area (Å²) in [6.07, 6.45) is 1.94. The molecule has 0 atom stereocenters. The summed E-state index contributed by atoms with van der Waals surface area (Å²) in [5, 5.41) is 3.22. The fraction of sp³-hybridized carbons (Fsp3) is 0.200. The molecule has 0 fully saturated rings. The molecule has 4 nitrogen and oxygen atoms in total. The summed E-state index contributed by atoms with van der Waals surface area (Å²) in [7, 11) is -3.80. The molecular weight excluding hydrogens is 291 g/mol. The van der Waals surface area contributed by atoms with Crippen molar-refractivity contribution >= 4 is 21.4 Å². The molecule has 21 heavy (non-hydrogen) atoms. The van der Waals surface area contributed by atoms with Crippen molar-refractivity contribution in [2.75, 3.05) is 16.6 Å². The molecule has 0 bridgehead atoms. The predicted octanol–water partition coefficient (Wildman–Crippen LogP) is 2.98. The second kappa shape index (κ2) is 5.37. The minimum absolute atomic E-state index is 0.0871. The molecule has 3 rings (SSSR count). The Hall–Kier alpha value is -2.08. The predicted molar refractivity (Wildman–Crippen MR) is 80.5 cm³/mol. The van der Waals surface area contributed by atoms with Gasteiger partial charge in [0, 0.05) is 6.54 Å². The van der Waals surface area contributed by atoms with Crippen LogP contribution in [0.5, 0.6) is 0 Å². The highest BCUT2D eigenvalue weighted by Gasteiger charge is 2.19. The molecule has 1 heterocycles. The first-order valence-corrected chi connectivity index (χ1v) is 8.19. The van der Waals surface area contributed by atoms with Gasteiger partial charge in [0.2, 0.25) is 0 Å². The standard InChI is InChI=1S/C15H15FN2O2S/c16-12-6-2-7-13(10-12)21(19,20)18-14-8-1-4-11-5-3-9-17-15(11)14/h1-2,4,6-8,10,17-18H,3,5,9H2. The zero-order chi connectivity index (χ0) is 14.9. The van der Waals surface area contributed by atoms with Gasteiger partial charge in [-0.2, -0.15) is 0 Å². The molecule has 0 saturated heterocycles. The van der Waals surface area contributed by atoms with Gasteiger partial charge in [0.05, 0.1) is 16.3 Å². The SMILES string of the molecule is O=S(=O)(Nc1cccc2c1NCCC2)c1cccc(F)c1. The Labute approximate surface area is 123 Å². The van der Waals surface area contributed by atoms with Crippen LogP contribution in [0.1, 0.15) is 12.0 Å². The third kappa shape index (κ3) is 2.85. The van der Waals surface area contributed by atoms with Crippen LogP contribution in [-0.4, -0.2) is 15.0 Å². The van der Waals surface area contributed by atoms with E-state index in [1.807, 2.05) is 12.1 Å². The molecule has 1 aliphatic heterocycles. The van der Waals surface area contributed by atoms with E-state index in [1.165, 1.54) is 18.2 Å². The first-order chi connectivity index (χ1) is 10.1. The lowest BCUT2D eigenvalue weighted by Gasteiger charge is -2.21. The first kappa shape index (κ1) is 13.9. The molecule has 2 N–H and O–H groups in total. The smallest absolute Gasteiger partial charge is 0.262 e. The third-order valence-electron chi connectivity index (χ3n) is 3.43. The molecule has 0 unspecified atom stereocenters. The van der Waals surface area contributed by atoms with Gasteiger partial charge in [-0.05, 0) is 42.7 Å². The van der Waals surface area contributed by atoms with E-state index in [2.05, 4.69) is 10.0 Å². The number of benzene rings is 2. The number of fused-ring (bicyclic) bond motifs is 1. The maximum atomic E-state index is 13.2. The van der Waals surface area contributed by atoms with Crippen LogP contribution in [0.3, 0.4) is 0 Å². The molecule has 0 saturated carbocycles. The van der Waals surface area contributed by atoms with Crippen molar-refractivity contribution in [2.24, 2.45) is 0 Å². The van der Waals surface area contributed by atoms with Crippen LogP contribution in [-0.2, 0) is 16.4 Å². The maximum Gasteiger partial charge on any atom is 0.262 e. The van der Waals surface area contributed by atoms with Crippen LogP contribution in [0.4, 0.5) is 15.8 Å². The number of aryl methyl sites for hydroxylation is 1. The zero-order valence-corrected chi connectivity index (χ0v) is 12.1. The topological polar surface area (TPSA) is 58.2 Å². The van der Waals surface area contributed by atoms with Crippen molar-refractivity contribution < 1.29 is 12.8 Å². The van der Waals surface area contributed by atoms with Crippen LogP contribution < -0.4 is 10.0 Å². The van der Waals surface area contributed by atoms with Gasteiger partial charge in [-0.15, -0.1) is 0 Å². The van der Waals surface area contributed by atoms with Crippen LogP contribution in [0.2, 0.25) is 0 Å². The number of anilines is 2. The molecule has 0 aromatic heterocycles. The lowest BCUT2D eigenvalue weighted by molar-refractivity contribution is 0.595. The summed E-state index contributed by atoms with van der Waals surface area (Å²) in [6.45, 7) is 0.811. The second-order valence-electron chi connectivity index (χ2n) is 4.93. The molecule has 1 aliphatic rings. The molecule has 0 aliphatic carbocycles. The highest BCUT2D eigenvalue weighted by atomic mass is 32.2. The minimum atomic E-state index is -3.80. The van der Waals surface area contributed by atoms with Crippen LogP contribution in [0.25, 0.3) is 0 Å². The van der Waals surface area contributed by atoms with Gasteiger partial charge in [0.25, 0.3) is 10.0 Å². The number of sulfonamides is 1. The summed E-state index contributed by atoms with van der Waals surface area (Å²) >= 11 is 0. The molecule has 0 radical (unpaired) electrons. The van der Waals surface area contributed by atoms with Gasteiger partial charge in [0.1, 0.15) is 5.82 Å². The number of para-hydroxylation sites is 1. The molecule has 6 heteroatoms. The van der Waals surface area contributed by atoms with Crippen molar-refractivity contribution in [3.05, 3.63) is 53.8 Å². The monoisotopic (exact) mass is 306 g/mol. The van der Waals surface area contributed by atoms with Crippen molar-refractivity contribution in [3.63, 3.8) is 0 Å². The zero-order valence-electron chi connectivity index (χ0n) is 11.3. The second-order valence-corrected chi connectivity index (χ2v) is 6.62. The molecule has 0 spiro atoms. The van der Waals surface area contributed by atoms with Gasteiger partial charge in [-0.25, -0.2) is 12.8 Å². The summed E-state index contributed by atoms with van der Waals surface area (Å²) in [4.78, 5) is -0.0871. The Morgan fingerprint density at radius 1 is 1.14 bits per heavy atom. The van der Waals surface area contributed by atoms with Gasteiger partial charge in [0.15, 0.2) is 0 Å². The maximum absolute atomic E-state index is 13.2. The van der Waals surface area contributed by atoms with E-state index in [1.54, 1.807) is 6.07 Å². The number of halogens is 1. The van der Waals surface area contributed by atoms with E-state index in [-0.39, 0.29) is 4.90 Å². The Bertz CT molecular complexity index is 775. The normalized spacial score (nSPS) is 14.1. The highest BCUT2D eigenvalue weighted by molar-refractivity contribution is 7.92. The Kier molecular flexibility index (Phi) is 3.55. The van der Waals surface area contributed by atoms with Crippen molar-refractivity contribution in [1.29, 1.82) is 0 Å². The number of nitrogens with one attached hydrogen (secondary N) is 2. The largest absolute Gasteiger partial charge is 0.383 e. The van der Waals surface area contributed by atoms with Crippen molar-refractivity contribution in [3.8, 4) is 0 Å².